The molecular formula is C16H18N4O9S. The molecule has 0 atom stereocenters. The molecule has 0 unspecified atom stereocenters. The molecule has 0 fully saturated rings. The van der Waals surface area contributed by atoms with Gasteiger partial charge in [-0.1, -0.05) is 0 Å². The van der Waals surface area contributed by atoms with E-state index < -0.39 is 41.9 Å². The second-order valence-corrected chi connectivity index (χ2v) is 7.32. The monoisotopic (exact) mass is 442 g/mol. The minimum absolute atomic E-state index is 0.160. The van der Waals surface area contributed by atoms with Crippen molar-refractivity contribution in [2.45, 2.75) is 4.90 Å². The number of rotatable bonds is 10. The molecule has 0 aliphatic rings. The van der Waals surface area contributed by atoms with Crippen LogP contribution in [0.4, 0.5) is 28.4 Å². The standard InChI is InChI=1S/C16H18N4O9S/c21-7-5-18(6-8-22)12-3-1-11(2-4-12)17-16-14(20(25)26)9-13(19(23)24)10-15(16)30(27,28)29/h1-4,9-10,17,21-22H,5-8H2,(H,27,28,29). The average Bonchev–Trinajstić information content (AvgIpc) is 2.67. The van der Waals surface area contributed by atoms with E-state index in [0.717, 1.165) is 0 Å². The lowest BCUT2D eigenvalue weighted by Gasteiger charge is -2.23. The maximum absolute atomic E-state index is 11.7. The van der Waals surface area contributed by atoms with Gasteiger partial charge in [-0.15, -0.1) is 0 Å². The predicted octanol–water partition coefficient (Wildman–Crippen LogP) is 1.28. The highest BCUT2D eigenvalue weighted by Gasteiger charge is 2.30. The minimum Gasteiger partial charge on any atom is -0.395 e. The molecule has 0 aromatic heterocycles. The lowest BCUT2D eigenvalue weighted by molar-refractivity contribution is -0.393. The molecule has 162 valence electrons. The Bertz CT molecular complexity index is 1040. The van der Waals surface area contributed by atoms with Crippen LogP contribution in [0.1, 0.15) is 0 Å². The summed E-state index contributed by atoms with van der Waals surface area (Å²) < 4.78 is 32.8. The summed E-state index contributed by atoms with van der Waals surface area (Å²) >= 11 is 0. The maximum Gasteiger partial charge on any atom is 0.300 e. The van der Waals surface area contributed by atoms with Gasteiger partial charge >= 0.3 is 5.69 Å². The molecule has 0 aliphatic carbocycles. The van der Waals surface area contributed by atoms with Gasteiger partial charge in [-0.3, -0.25) is 24.8 Å². The van der Waals surface area contributed by atoms with Gasteiger partial charge in [0.25, 0.3) is 15.8 Å². The third-order valence-corrected chi connectivity index (χ3v) is 4.87. The molecule has 2 aromatic carbocycles. The summed E-state index contributed by atoms with van der Waals surface area (Å²) in [5.41, 5.74) is -1.63. The Morgan fingerprint density at radius 1 is 0.967 bits per heavy atom. The first kappa shape index (κ1) is 23.0. The van der Waals surface area contributed by atoms with Crippen LogP contribution in [0, 0.1) is 20.2 Å². The molecule has 13 nitrogen and oxygen atoms in total. The molecule has 14 heteroatoms. The first-order valence-electron chi connectivity index (χ1n) is 8.36. The van der Waals surface area contributed by atoms with Crippen molar-refractivity contribution in [2.24, 2.45) is 0 Å². The van der Waals surface area contributed by atoms with E-state index in [1.807, 2.05) is 0 Å². The number of non-ortho nitro benzene ring substituents is 1. The molecule has 0 radical (unpaired) electrons. The van der Waals surface area contributed by atoms with Crippen molar-refractivity contribution in [2.75, 3.05) is 36.5 Å². The van der Waals surface area contributed by atoms with Gasteiger partial charge in [-0.2, -0.15) is 8.42 Å². The number of benzene rings is 2. The van der Waals surface area contributed by atoms with E-state index in [2.05, 4.69) is 5.32 Å². The normalized spacial score (nSPS) is 11.2. The van der Waals surface area contributed by atoms with E-state index in [9.17, 15) is 33.2 Å². The Morgan fingerprint density at radius 3 is 1.97 bits per heavy atom. The summed E-state index contributed by atoms with van der Waals surface area (Å²) in [6.45, 7) is 0.168. The van der Waals surface area contributed by atoms with Crippen LogP contribution >= 0.6 is 0 Å². The predicted molar refractivity (Wildman–Crippen MR) is 106 cm³/mol. The van der Waals surface area contributed by atoms with Crippen molar-refractivity contribution in [1.82, 2.24) is 0 Å². The van der Waals surface area contributed by atoms with E-state index in [1.165, 1.54) is 12.1 Å². The van der Waals surface area contributed by atoms with Crippen molar-refractivity contribution in [1.29, 1.82) is 0 Å². The van der Waals surface area contributed by atoms with Crippen molar-refractivity contribution in [3.63, 3.8) is 0 Å². The number of anilines is 3. The molecule has 2 rings (SSSR count). The maximum atomic E-state index is 11.7. The van der Waals surface area contributed by atoms with Crippen molar-refractivity contribution in [3.8, 4) is 0 Å². The van der Waals surface area contributed by atoms with Crippen LogP contribution in [0.25, 0.3) is 0 Å². The van der Waals surface area contributed by atoms with Gasteiger partial charge in [0.15, 0.2) is 0 Å². The van der Waals surface area contributed by atoms with Crippen LogP contribution in [0.5, 0.6) is 0 Å². The minimum atomic E-state index is -5.04. The molecule has 0 saturated carbocycles. The summed E-state index contributed by atoms with van der Waals surface area (Å²) in [6.07, 6.45) is 0. The fourth-order valence-electron chi connectivity index (χ4n) is 2.68. The topological polar surface area (TPSA) is 196 Å². The van der Waals surface area contributed by atoms with Gasteiger partial charge in [-0.05, 0) is 24.3 Å². The highest BCUT2D eigenvalue weighted by molar-refractivity contribution is 7.86. The Hall–Kier alpha value is -3.33. The first-order chi connectivity index (χ1) is 14.1. The van der Waals surface area contributed by atoms with Crippen LogP contribution in [-0.4, -0.2) is 59.3 Å². The van der Waals surface area contributed by atoms with Crippen LogP contribution < -0.4 is 10.2 Å². The SMILES string of the molecule is O=[N+]([O-])c1cc([N+](=O)[O-])c(Nc2ccc(N(CCO)CCO)cc2)c(S(=O)(=O)O)c1. The summed E-state index contributed by atoms with van der Waals surface area (Å²) in [6, 6.07) is 7.08. The molecule has 0 spiro atoms. The van der Waals surface area contributed by atoms with Gasteiger partial charge in [0.1, 0.15) is 10.6 Å². The molecule has 0 bridgehead atoms. The van der Waals surface area contributed by atoms with Gasteiger partial charge in [0.2, 0.25) is 0 Å². The fourth-order valence-corrected chi connectivity index (χ4v) is 3.36. The Morgan fingerprint density at radius 2 is 1.53 bits per heavy atom. The molecule has 0 heterocycles. The third kappa shape index (κ3) is 5.38. The second-order valence-electron chi connectivity index (χ2n) is 5.93. The number of aliphatic hydroxyl groups is 2. The lowest BCUT2D eigenvalue weighted by atomic mass is 10.2. The number of nitrogens with one attached hydrogen (secondary N) is 1. The van der Waals surface area contributed by atoms with Crippen molar-refractivity contribution < 1.29 is 33.0 Å². The molecule has 2 aromatic rings. The molecule has 0 saturated heterocycles. The summed E-state index contributed by atoms with van der Waals surface area (Å²) in [7, 11) is -5.04. The molecule has 0 aliphatic heterocycles. The summed E-state index contributed by atoms with van der Waals surface area (Å²) in [5.74, 6) is 0. The number of nitro groups is 2. The van der Waals surface area contributed by atoms with Gasteiger partial charge < -0.3 is 20.4 Å². The van der Waals surface area contributed by atoms with Crippen molar-refractivity contribution in [3.05, 3.63) is 56.6 Å². The summed E-state index contributed by atoms with van der Waals surface area (Å²) in [5, 5.41) is 43.0. The van der Waals surface area contributed by atoms with E-state index >= 15 is 0 Å². The summed E-state index contributed by atoms with van der Waals surface area (Å²) in [4.78, 5) is 21.0. The number of hydrogen-bond donors (Lipinski definition) is 4. The van der Waals surface area contributed by atoms with E-state index in [1.54, 1.807) is 17.0 Å². The molecule has 4 N–H and O–H groups in total. The average molecular weight is 442 g/mol. The zero-order chi connectivity index (χ0) is 22.5. The zero-order valence-corrected chi connectivity index (χ0v) is 16.2. The first-order valence-corrected chi connectivity index (χ1v) is 9.80. The third-order valence-electron chi connectivity index (χ3n) is 3.99. The highest BCUT2D eigenvalue weighted by atomic mass is 32.2. The second kappa shape index (κ2) is 9.45. The lowest BCUT2D eigenvalue weighted by Crippen LogP contribution is -2.29. The van der Waals surface area contributed by atoms with Gasteiger partial charge in [-0.25, -0.2) is 0 Å². The fraction of sp³-hybridized carbons (Fsp3) is 0.250. The highest BCUT2D eigenvalue weighted by Crippen LogP contribution is 2.38. The van der Waals surface area contributed by atoms with Crippen molar-refractivity contribution >= 4 is 38.6 Å². The molecular weight excluding hydrogens is 424 g/mol. The van der Waals surface area contributed by atoms with Crippen LogP contribution in [0.3, 0.4) is 0 Å². The Labute approximate surface area is 170 Å². The van der Waals surface area contributed by atoms with Crippen LogP contribution in [0.2, 0.25) is 0 Å². The largest absolute Gasteiger partial charge is 0.395 e. The zero-order valence-electron chi connectivity index (χ0n) is 15.3. The smallest absolute Gasteiger partial charge is 0.300 e. The Balaban J connectivity index is 2.51. The number of nitro benzene ring substituents is 2. The van der Waals surface area contributed by atoms with Gasteiger partial charge in [0.05, 0.1) is 29.1 Å². The number of hydrogen-bond acceptors (Lipinski definition) is 10. The van der Waals surface area contributed by atoms with E-state index in [0.29, 0.717) is 17.8 Å². The quantitative estimate of drug-likeness (QED) is 0.235. The van der Waals surface area contributed by atoms with E-state index in [4.69, 9.17) is 10.2 Å². The molecule has 30 heavy (non-hydrogen) atoms. The number of nitrogens with zero attached hydrogens (tertiary/aromatic N) is 3. The van der Waals surface area contributed by atoms with E-state index in [-0.39, 0.29) is 32.0 Å². The van der Waals surface area contributed by atoms with Crippen LogP contribution in [-0.2, 0) is 10.1 Å². The molecule has 0 amide bonds. The van der Waals surface area contributed by atoms with Crippen LogP contribution in [0.15, 0.2) is 41.3 Å². The van der Waals surface area contributed by atoms with Gasteiger partial charge in [0, 0.05) is 30.5 Å². The Kier molecular flexibility index (Phi) is 7.23. The number of aliphatic hydroxyl groups excluding tert-OH is 2.